The molecule has 3 aromatic carbocycles. The molecule has 0 aliphatic rings. The van der Waals surface area contributed by atoms with Crippen molar-refractivity contribution in [1.82, 2.24) is 9.13 Å². The molecule has 0 aliphatic carbocycles. The van der Waals surface area contributed by atoms with Gasteiger partial charge in [-0.3, -0.25) is 9.59 Å². The first-order valence-electron chi connectivity index (χ1n) is 11.1. The molecular formula is C28H24N2O5. The zero-order chi connectivity index (χ0) is 24.9. The summed E-state index contributed by atoms with van der Waals surface area (Å²) in [5.74, 6) is -1.16. The number of benzene rings is 3. The molecule has 7 heteroatoms. The van der Waals surface area contributed by atoms with Crippen molar-refractivity contribution in [2.24, 2.45) is 14.1 Å². The lowest BCUT2D eigenvalue weighted by atomic mass is 9.83. The van der Waals surface area contributed by atoms with Crippen molar-refractivity contribution >= 4 is 21.8 Å². The summed E-state index contributed by atoms with van der Waals surface area (Å²) >= 11 is 0. The third-order valence-electron chi connectivity index (χ3n) is 6.65. The average Bonchev–Trinajstić information content (AvgIpc) is 2.89. The van der Waals surface area contributed by atoms with Gasteiger partial charge in [0.05, 0.1) is 35.2 Å². The Kier molecular flexibility index (Phi) is 5.32. The second-order valence-corrected chi connectivity index (χ2v) is 8.46. The standard InChI is InChI=1S/C28H24N2O5/c1-29-19-13-7-4-10-16(19)25(31)23(27(29)33)22(18-12-6-9-15-21(18)35-3)24-26(32)17-11-5-8-14-20(17)30(2)28(24)34/h4-15,22,31-32H,1-3H3. The highest BCUT2D eigenvalue weighted by molar-refractivity contribution is 5.89. The second-order valence-electron chi connectivity index (χ2n) is 8.46. The molecule has 0 saturated carbocycles. The third kappa shape index (κ3) is 3.27. The quantitative estimate of drug-likeness (QED) is 0.416. The Morgan fingerprint density at radius 2 is 1.11 bits per heavy atom. The van der Waals surface area contributed by atoms with Crippen LogP contribution in [0, 0.1) is 0 Å². The zero-order valence-electron chi connectivity index (χ0n) is 19.5. The molecule has 35 heavy (non-hydrogen) atoms. The van der Waals surface area contributed by atoms with E-state index in [-0.39, 0.29) is 22.6 Å². The number of hydrogen-bond donors (Lipinski definition) is 2. The van der Waals surface area contributed by atoms with E-state index in [4.69, 9.17) is 4.74 Å². The van der Waals surface area contributed by atoms with Crippen molar-refractivity contribution in [3.63, 3.8) is 0 Å². The van der Waals surface area contributed by atoms with Gasteiger partial charge in [0.1, 0.15) is 17.2 Å². The molecule has 7 nitrogen and oxygen atoms in total. The van der Waals surface area contributed by atoms with Gasteiger partial charge in [0.2, 0.25) is 0 Å². The number of aromatic hydroxyl groups is 2. The van der Waals surface area contributed by atoms with Crippen LogP contribution in [0.4, 0.5) is 0 Å². The SMILES string of the molecule is COc1ccccc1C(c1c(O)c2ccccc2n(C)c1=O)c1c(O)c2ccccc2n(C)c1=O. The van der Waals surface area contributed by atoms with Crippen molar-refractivity contribution in [3.8, 4) is 17.2 Å². The van der Waals surface area contributed by atoms with Crippen molar-refractivity contribution in [2.45, 2.75) is 5.92 Å². The van der Waals surface area contributed by atoms with Crippen LogP contribution in [0.3, 0.4) is 0 Å². The zero-order valence-corrected chi connectivity index (χ0v) is 19.5. The summed E-state index contributed by atoms with van der Waals surface area (Å²) in [5.41, 5.74) is 0.580. The highest BCUT2D eigenvalue weighted by Gasteiger charge is 2.33. The third-order valence-corrected chi connectivity index (χ3v) is 6.65. The van der Waals surface area contributed by atoms with Gasteiger partial charge in [-0.15, -0.1) is 0 Å². The Bertz CT molecular complexity index is 1630. The van der Waals surface area contributed by atoms with Crippen molar-refractivity contribution < 1.29 is 14.9 Å². The Hall–Kier alpha value is -4.52. The lowest BCUT2D eigenvalue weighted by Crippen LogP contribution is -2.30. The molecule has 0 unspecified atom stereocenters. The average molecular weight is 469 g/mol. The van der Waals surface area contributed by atoms with Crippen LogP contribution in [0.15, 0.2) is 82.4 Å². The molecule has 0 radical (unpaired) electrons. The summed E-state index contributed by atoms with van der Waals surface area (Å²) < 4.78 is 8.46. The largest absolute Gasteiger partial charge is 0.507 e. The lowest BCUT2D eigenvalue weighted by Gasteiger charge is -2.24. The number of rotatable bonds is 4. The summed E-state index contributed by atoms with van der Waals surface area (Å²) in [5, 5.41) is 23.8. The van der Waals surface area contributed by atoms with Crippen molar-refractivity contribution in [3.05, 3.63) is 110 Å². The van der Waals surface area contributed by atoms with Crippen LogP contribution in [0.1, 0.15) is 22.6 Å². The Labute approximate surface area is 200 Å². The summed E-state index contributed by atoms with van der Waals surface area (Å²) in [6.45, 7) is 0. The fourth-order valence-electron chi connectivity index (χ4n) is 4.89. The smallest absolute Gasteiger partial charge is 0.258 e. The molecular weight excluding hydrogens is 444 g/mol. The minimum atomic E-state index is -1.10. The molecule has 2 heterocycles. The Morgan fingerprint density at radius 3 is 1.60 bits per heavy atom. The Balaban J connectivity index is 2.00. The minimum absolute atomic E-state index is 0.0154. The van der Waals surface area contributed by atoms with Crippen LogP contribution < -0.4 is 15.9 Å². The monoisotopic (exact) mass is 468 g/mol. The molecule has 5 aromatic rings. The lowest BCUT2D eigenvalue weighted by molar-refractivity contribution is 0.407. The maximum Gasteiger partial charge on any atom is 0.258 e. The summed E-state index contributed by atoms with van der Waals surface area (Å²) in [6.07, 6.45) is 0. The van der Waals surface area contributed by atoms with Gasteiger partial charge >= 0.3 is 0 Å². The Morgan fingerprint density at radius 1 is 0.686 bits per heavy atom. The molecule has 2 aromatic heterocycles. The number of aromatic nitrogens is 2. The van der Waals surface area contributed by atoms with Gasteiger partial charge in [-0.25, -0.2) is 0 Å². The predicted molar refractivity (Wildman–Crippen MR) is 136 cm³/mol. The van der Waals surface area contributed by atoms with Gasteiger partial charge in [0.15, 0.2) is 0 Å². The molecule has 0 amide bonds. The maximum atomic E-state index is 13.7. The fraction of sp³-hybridized carbons (Fsp3) is 0.143. The van der Waals surface area contributed by atoms with Crippen molar-refractivity contribution in [2.75, 3.05) is 7.11 Å². The van der Waals surface area contributed by atoms with Gasteiger partial charge < -0.3 is 24.1 Å². The maximum absolute atomic E-state index is 13.7. The molecule has 2 N–H and O–H groups in total. The van der Waals surface area contributed by atoms with E-state index < -0.39 is 17.0 Å². The van der Waals surface area contributed by atoms with Crippen molar-refractivity contribution in [1.29, 1.82) is 0 Å². The first-order chi connectivity index (χ1) is 16.9. The van der Waals surface area contributed by atoms with Crippen LogP contribution in [0.5, 0.6) is 17.2 Å². The topological polar surface area (TPSA) is 93.7 Å². The van der Waals surface area contributed by atoms with E-state index in [1.165, 1.54) is 16.2 Å². The normalized spacial score (nSPS) is 11.4. The number of ether oxygens (including phenoxy) is 1. The van der Waals surface area contributed by atoms with Crippen LogP contribution in [0.2, 0.25) is 0 Å². The van der Waals surface area contributed by atoms with E-state index in [1.807, 2.05) is 0 Å². The van der Waals surface area contributed by atoms with E-state index in [0.29, 0.717) is 33.1 Å². The fourth-order valence-corrected chi connectivity index (χ4v) is 4.89. The van der Waals surface area contributed by atoms with Gasteiger partial charge in [-0.2, -0.15) is 0 Å². The summed E-state index contributed by atoms with van der Waals surface area (Å²) in [4.78, 5) is 27.5. The molecule has 5 rings (SSSR count). The number of pyridine rings is 2. The molecule has 0 fully saturated rings. The van der Waals surface area contributed by atoms with E-state index in [2.05, 4.69) is 0 Å². The van der Waals surface area contributed by atoms with E-state index in [9.17, 15) is 19.8 Å². The van der Waals surface area contributed by atoms with Gasteiger partial charge in [0, 0.05) is 30.4 Å². The van der Waals surface area contributed by atoms with Gasteiger partial charge in [-0.05, 0) is 30.3 Å². The molecule has 0 atom stereocenters. The summed E-state index contributed by atoms with van der Waals surface area (Å²) in [6, 6.07) is 21.0. The number of methoxy groups -OCH3 is 1. The number of hydrogen-bond acceptors (Lipinski definition) is 5. The van der Waals surface area contributed by atoms with E-state index in [0.717, 1.165) is 0 Å². The van der Waals surface area contributed by atoms with Gasteiger partial charge in [-0.1, -0.05) is 42.5 Å². The highest BCUT2D eigenvalue weighted by atomic mass is 16.5. The number of fused-ring (bicyclic) bond motifs is 2. The second kappa shape index (κ2) is 8.36. The van der Waals surface area contributed by atoms with Crippen LogP contribution >= 0.6 is 0 Å². The van der Waals surface area contributed by atoms with Crippen LogP contribution in [-0.2, 0) is 14.1 Å². The predicted octanol–water partition coefficient (Wildman–Crippen LogP) is 3.99. The first kappa shape index (κ1) is 22.3. The molecule has 0 bridgehead atoms. The molecule has 0 spiro atoms. The number of aryl methyl sites for hydroxylation is 2. The summed E-state index contributed by atoms with van der Waals surface area (Å²) in [7, 11) is 4.73. The van der Waals surface area contributed by atoms with Crippen LogP contribution in [0.25, 0.3) is 21.8 Å². The molecule has 176 valence electrons. The number of nitrogens with zero attached hydrogens (tertiary/aromatic N) is 2. The number of para-hydroxylation sites is 3. The van der Waals surface area contributed by atoms with Crippen LogP contribution in [-0.4, -0.2) is 26.5 Å². The van der Waals surface area contributed by atoms with E-state index in [1.54, 1.807) is 86.9 Å². The molecule has 0 saturated heterocycles. The molecule has 0 aliphatic heterocycles. The first-order valence-corrected chi connectivity index (χ1v) is 11.1. The van der Waals surface area contributed by atoms with Gasteiger partial charge in [0.25, 0.3) is 11.1 Å². The highest BCUT2D eigenvalue weighted by Crippen LogP contribution is 2.44. The van der Waals surface area contributed by atoms with E-state index >= 15 is 0 Å². The minimum Gasteiger partial charge on any atom is -0.507 e.